The summed E-state index contributed by atoms with van der Waals surface area (Å²) >= 11 is 0. The van der Waals surface area contributed by atoms with Crippen LogP contribution in [0.3, 0.4) is 0 Å². The SMILES string of the molecule is CC(C)(C)C(c1ccccc1)[C@H](NC(=O)O)[C@H]1CC(Cc2ccc(-c3ccccn3)cc2)C(=O)O1. The molecule has 2 N–H and O–H groups in total. The number of rotatable bonds is 7. The summed E-state index contributed by atoms with van der Waals surface area (Å²) in [5, 5.41) is 12.3. The number of pyridine rings is 1. The fourth-order valence-electron chi connectivity index (χ4n) is 5.13. The van der Waals surface area contributed by atoms with E-state index in [1.54, 1.807) is 6.20 Å². The summed E-state index contributed by atoms with van der Waals surface area (Å²) in [5.41, 5.74) is 3.70. The number of nitrogens with zero attached hydrogens (tertiary/aromatic N) is 1. The summed E-state index contributed by atoms with van der Waals surface area (Å²) in [5.74, 6) is -0.772. The molecule has 1 saturated heterocycles. The summed E-state index contributed by atoms with van der Waals surface area (Å²) in [6.45, 7) is 6.25. The van der Waals surface area contributed by atoms with Crippen LogP contribution in [0.4, 0.5) is 4.79 Å². The quantitative estimate of drug-likeness (QED) is 0.431. The maximum Gasteiger partial charge on any atom is 0.405 e. The Hall–Kier alpha value is -3.67. The molecule has 6 nitrogen and oxygen atoms in total. The zero-order valence-electron chi connectivity index (χ0n) is 20.3. The molecular weight excluding hydrogens is 440 g/mol. The lowest BCUT2D eigenvalue weighted by molar-refractivity contribution is -0.145. The lowest BCUT2D eigenvalue weighted by atomic mass is 9.70. The third kappa shape index (κ3) is 5.88. The topological polar surface area (TPSA) is 88.5 Å². The Bertz CT molecular complexity index is 1140. The highest BCUT2D eigenvalue weighted by Gasteiger charge is 2.46. The molecule has 1 amide bonds. The number of amides is 1. The maximum absolute atomic E-state index is 12.9. The van der Waals surface area contributed by atoms with Gasteiger partial charge in [0.25, 0.3) is 0 Å². The fraction of sp³-hybridized carbons (Fsp3) is 0.345. The summed E-state index contributed by atoms with van der Waals surface area (Å²) in [6.07, 6.45) is 1.11. The lowest BCUT2D eigenvalue weighted by Gasteiger charge is -2.39. The Morgan fingerprint density at radius 2 is 1.74 bits per heavy atom. The average Bonchev–Trinajstić information content (AvgIpc) is 3.19. The number of carbonyl (C=O) groups is 2. The molecule has 0 bridgehead atoms. The molecule has 1 aliphatic heterocycles. The normalized spacial score (nSPS) is 19.6. The minimum absolute atomic E-state index is 0.172. The Labute approximate surface area is 206 Å². The molecule has 2 unspecified atom stereocenters. The molecule has 0 saturated carbocycles. The average molecular weight is 473 g/mol. The van der Waals surface area contributed by atoms with Crippen molar-refractivity contribution in [3.63, 3.8) is 0 Å². The van der Waals surface area contributed by atoms with E-state index in [2.05, 4.69) is 31.1 Å². The molecule has 1 aromatic heterocycles. The van der Waals surface area contributed by atoms with E-state index in [1.165, 1.54) is 0 Å². The van der Waals surface area contributed by atoms with Crippen LogP contribution in [0.1, 0.15) is 44.2 Å². The molecule has 2 heterocycles. The molecule has 1 fully saturated rings. The van der Waals surface area contributed by atoms with Gasteiger partial charge >= 0.3 is 12.1 Å². The van der Waals surface area contributed by atoms with Gasteiger partial charge in [0.1, 0.15) is 6.10 Å². The van der Waals surface area contributed by atoms with E-state index >= 15 is 0 Å². The largest absolute Gasteiger partial charge is 0.465 e. The van der Waals surface area contributed by atoms with Crippen LogP contribution in [0, 0.1) is 11.3 Å². The van der Waals surface area contributed by atoms with Crippen molar-refractivity contribution in [3.8, 4) is 11.3 Å². The summed E-state index contributed by atoms with van der Waals surface area (Å²) in [6, 6.07) is 23.1. The van der Waals surface area contributed by atoms with E-state index in [-0.39, 0.29) is 23.2 Å². The molecule has 1 aliphatic rings. The van der Waals surface area contributed by atoms with E-state index in [9.17, 15) is 14.7 Å². The van der Waals surface area contributed by atoms with Crippen molar-refractivity contribution < 1.29 is 19.4 Å². The van der Waals surface area contributed by atoms with E-state index in [0.717, 1.165) is 22.4 Å². The van der Waals surface area contributed by atoms with Gasteiger partial charge in [-0.3, -0.25) is 9.78 Å². The number of benzene rings is 2. The predicted molar refractivity (Wildman–Crippen MR) is 135 cm³/mol. The first-order valence-corrected chi connectivity index (χ1v) is 12.0. The highest BCUT2D eigenvalue weighted by Crippen LogP contribution is 2.42. The molecule has 3 aromatic rings. The van der Waals surface area contributed by atoms with Gasteiger partial charge < -0.3 is 15.2 Å². The van der Waals surface area contributed by atoms with Gasteiger partial charge in [0, 0.05) is 24.1 Å². The van der Waals surface area contributed by atoms with Crippen LogP contribution in [0.15, 0.2) is 79.0 Å². The fourth-order valence-corrected chi connectivity index (χ4v) is 5.13. The number of esters is 1. The van der Waals surface area contributed by atoms with Crippen LogP contribution in [0.5, 0.6) is 0 Å². The van der Waals surface area contributed by atoms with Gasteiger partial charge in [-0.1, -0.05) is 81.4 Å². The Kier molecular flexibility index (Phi) is 7.20. The van der Waals surface area contributed by atoms with Gasteiger partial charge in [0.2, 0.25) is 0 Å². The first kappa shape index (κ1) is 24.5. The van der Waals surface area contributed by atoms with Gasteiger partial charge in [0.05, 0.1) is 17.7 Å². The summed E-state index contributed by atoms with van der Waals surface area (Å²) < 4.78 is 5.83. The third-order valence-corrected chi connectivity index (χ3v) is 6.66. The predicted octanol–water partition coefficient (Wildman–Crippen LogP) is 5.69. The van der Waals surface area contributed by atoms with Gasteiger partial charge in [-0.2, -0.15) is 0 Å². The molecular formula is C29H32N2O4. The zero-order chi connectivity index (χ0) is 25.0. The number of nitrogens with one attached hydrogen (secondary N) is 1. The third-order valence-electron chi connectivity index (χ3n) is 6.66. The van der Waals surface area contributed by atoms with Crippen LogP contribution in [-0.4, -0.2) is 34.3 Å². The van der Waals surface area contributed by atoms with E-state index in [1.807, 2.05) is 72.8 Å². The number of hydrogen-bond acceptors (Lipinski definition) is 4. The number of aromatic nitrogens is 1. The maximum atomic E-state index is 12.9. The second kappa shape index (κ2) is 10.3. The van der Waals surface area contributed by atoms with Crippen LogP contribution in [-0.2, 0) is 16.0 Å². The van der Waals surface area contributed by atoms with Crippen molar-refractivity contribution in [1.29, 1.82) is 0 Å². The smallest absolute Gasteiger partial charge is 0.405 e. The van der Waals surface area contributed by atoms with Gasteiger partial charge in [-0.25, -0.2) is 4.79 Å². The second-order valence-corrected chi connectivity index (χ2v) is 10.3. The summed E-state index contributed by atoms with van der Waals surface area (Å²) in [7, 11) is 0. The molecule has 4 rings (SSSR count). The molecule has 0 radical (unpaired) electrons. The number of carboxylic acid groups (broad SMARTS) is 1. The first-order valence-electron chi connectivity index (χ1n) is 12.0. The van der Waals surface area contributed by atoms with Crippen LogP contribution < -0.4 is 5.32 Å². The van der Waals surface area contributed by atoms with Crippen LogP contribution in [0.2, 0.25) is 0 Å². The first-order chi connectivity index (χ1) is 16.7. The van der Waals surface area contributed by atoms with Crippen molar-refractivity contribution in [3.05, 3.63) is 90.1 Å². The highest BCUT2D eigenvalue weighted by atomic mass is 16.6. The van der Waals surface area contributed by atoms with Crippen molar-refractivity contribution >= 4 is 12.1 Å². The van der Waals surface area contributed by atoms with Crippen LogP contribution >= 0.6 is 0 Å². The lowest BCUT2D eigenvalue weighted by Crippen LogP contribution is -2.50. The van der Waals surface area contributed by atoms with E-state index < -0.39 is 18.2 Å². The molecule has 2 aromatic carbocycles. The minimum atomic E-state index is -1.12. The monoisotopic (exact) mass is 472 g/mol. The van der Waals surface area contributed by atoms with Crippen molar-refractivity contribution in [2.24, 2.45) is 11.3 Å². The van der Waals surface area contributed by atoms with Gasteiger partial charge in [-0.05, 0) is 35.1 Å². The standard InChI is InChI=1S/C29H32N2O4/c1-29(2,3)25(21-9-5-4-6-10-21)26(31-28(33)34)24-18-22(27(32)35-24)17-19-12-14-20(15-13-19)23-11-7-8-16-30-23/h4-16,22,24-26,31H,17-18H2,1-3H3,(H,33,34)/t22?,24-,25?,26-/m1/s1. The Morgan fingerprint density at radius 1 is 1.06 bits per heavy atom. The number of ether oxygens (including phenoxy) is 1. The van der Waals surface area contributed by atoms with Crippen molar-refractivity contribution in [2.45, 2.75) is 51.7 Å². The number of carbonyl (C=O) groups excluding carboxylic acids is 1. The Balaban J connectivity index is 1.53. The molecule has 0 spiro atoms. The molecule has 0 aliphatic carbocycles. The molecule has 6 heteroatoms. The minimum Gasteiger partial charge on any atom is -0.465 e. The molecule has 182 valence electrons. The van der Waals surface area contributed by atoms with E-state index in [0.29, 0.717) is 12.8 Å². The van der Waals surface area contributed by atoms with Crippen molar-refractivity contribution in [1.82, 2.24) is 10.3 Å². The number of cyclic esters (lactones) is 1. The zero-order valence-corrected chi connectivity index (χ0v) is 20.3. The second-order valence-electron chi connectivity index (χ2n) is 10.3. The number of hydrogen-bond donors (Lipinski definition) is 2. The van der Waals surface area contributed by atoms with Gasteiger partial charge in [0.15, 0.2) is 0 Å². The summed E-state index contributed by atoms with van der Waals surface area (Å²) in [4.78, 5) is 29.0. The van der Waals surface area contributed by atoms with Crippen LogP contribution in [0.25, 0.3) is 11.3 Å². The Morgan fingerprint density at radius 3 is 2.34 bits per heavy atom. The van der Waals surface area contributed by atoms with Crippen molar-refractivity contribution in [2.75, 3.05) is 0 Å². The van der Waals surface area contributed by atoms with Gasteiger partial charge in [-0.15, -0.1) is 0 Å². The molecule has 4 atom stereocenters. The van der Waals surface area contributed by atoms with E-state index in [4.69, 9.17) is 4.74 Å². The highest BCUT2D eigenvalue weighted by molar-refractivity contribution is 5.75. The molecule has 35 heavy (non-hydrogen) atoms.